The third-order valence-electron chi connectivity index (χ3n) is 5.14. The molecule has 1 aliphatic carbocycles. The lowest BCUT2D eigenvalue weighted by molar-refractivity contribution is -0.136. The highest BCUT2D eigenvalue weighted by molar-refractivity contribution is 7.89. The number of hydrogen-bond donors (Lipinski definition) is 2. The Kier molecular flexibility index (Phi) is 6.68. The third-order valence-corrected chi connectivity index (χ3v) is 7.05. The second-order valence-corrected chi connectivity index (χ2v) is 8.88. The van der Waals surface area contributed by atoms with Crippen LogP contribution in [0.1, 0.15) is 18.4 Å². The molecule has 1 aliphatic heterocycles. The average Bonchev–Trinajstić information content (AvgIpc) is 2.94. The molecule has 1 saturated heterocycles. The number of aliphatic hydroxyl groups is 1. The number of rotatable bonds is 3. The molecular formula is C17H26ClN3O4S. The van der Waals surface area contributed by atoms with E-state index in [-0.39, 0.29) is 48.3 Å². The van der Waals surface area contributed by atoms with Gasteiger partial charge in [-0.25, -0.2) is 8.42 Å². The first-order chi connectivity index (χ1) is 11.8. The number of amides is 1. The van der Waals surface area contributed by atoms with Crippen LogP contribution in [0.2, 0.25) is 0 Å². The van der Waals surface area contributed by atoms with Crippen LogP contribution in [0.4, 0.5) is 0 Å². The highest BCUT2D eigenvalue weighted by Crippen LogP contribution is 2.27. The number of carbonyl (C=O) groups excluding carboxylic acids is 1. The van der Waals surface area contributed by atoms with Crippen LogP contribution in [-0.4, -0.2) is 67.0 Å². The number of aryl methyl sites for hydroxylation is 1. The minimum atomic E-state index is -3.53. The van der Waals surface area contributed by atoms with Gasteiger partial charge in [-0.15, -0.1) is 12.4 Å². The minimum absolute atomic E-state index is 0. The van der Waals surface area contributed by atoms with Gasteiger partial charge in [-0.3, -0.25) is 4.79 Å². The molecule has 2 aliphatic rings. The van der Waals surface area contributed by atoms with E-state index in [4.69, 9.17) is 5.73 Å². The average molecular weight is 404 g/mol. The van der Waals surface area contributed by atoms with E-state index >= 15 is 0 Å². The molecule has 1 saturated carbocycles. The fourth-order valence-corrected chi connectivity index (χ4v) is 4.94. The molecule has 0 unspecified atom stereocenters. The first kappa shape index (κ1) is 21.1. The van der Waals surface area contributed by atoms with Crippen LogP contribution in [-0.2, 0) is 14.8 Å². The highest BCUT2D eigenvalue weighted by atomic mass is 35.5. The highest BCUT2D eigenvalue weighted by Gasteiger charge is 2.38. The summed E-state index contributed by atoms with van der Waals surface area (Å²) in [7, 11) is -3.53. The Morgan fingerprint density at radius 3 is 2.19 bits per heavy atom. The van der Waals surface area contributed by atoms with E-state index in [0.717, 1.165) is 5.56 Å². The van der Waals surface area contributed by atoms with Crippen molar-refractivity contribution in [2.24, 2.45) is 11.7 Å². The molecule has 0 bridgehead atoms. The molecular weight excluding hydrogens is 378 g/mol. The lowest BCUT2D eigenvalue weighted by Gasteiger charge is -2.35. The molecule has 1 amide bonds. The third kappa shape index (κ3) is 4.20. The second-order valence-electron chi connectivity index (χ2n) is 6.94. The van der Waals surface area contributed by atoms with Gasteiger partial charge in [0.25, 0.3) is 0 Å². The normalized spacial score (nSPS) is 27.2. The van der Waals surface area contributed by atoms with E-state index in [9.17, 15) is 18.3 Å². The summed E-state index contributed by atoms with van der Waals surface area (Å²) in [5, 5.41) is 9.73. The zero-order chi connectivity index (χ0) is 18.2. The van der Waals surface area contributed by atoms with Crippen molar-refractivity contribution in [2.45, 2.75) is 36.8 Å². The van der Waals surface area contributed by atoms with Crippen LogP contribution in [0, 0.1) is 12.8 Å². The van der Waals surface area contributed by atoms with Gasteiger partial charge in [0.1, 0.15) is 0 Å². The van der Waals surface area contributed by atoms with Crippen molar-refractivity contribution in [3.05, 3.63) is 29.8 Å². The van der Waals surface area contributed by atoms with Gasteiger partial charge >= 0.3 is 0 Å². The summed E-state index contributed by atoms with van der Waals surface area (Å²) in [5.41, 5.74) is 6.79. The molecule has 2 fully saturated rings. The number of nitrogens with two attached hydrogens (primary N) is 1. The molecule has 3 rings (SSSR count). The van der Waals surface area contributed by atoms with E-state index in [1.165, 1.54) is 4.31 Å². The number of sulfonamides is 1. The number of carbonyl (C=O) groups is 1. The summed E-state index contributed by atoms with van der Waals surface area (Å²) in [6, 6.07) is 6.44. The first-order valence-electron chi connectivity index (χ1n) is 8.58. The Bertz CT molecular complexity index is 723. The van der Waals surface area contributed by atoms with Gasteiger partial charge in [-0.2, -0.15) is 4.31 Å². The summed E-state index contributed by atoms with van der Waals surface area (Å²) in [5.74, 6) is -0.287. The maximum absolute atomic E-state index is 12.7. The maximum atomic E-state index is 12.7. The first-order valence-corrected chi connectivity index (χ1v) is 10.0. The molecule has 0 aromatic heterocycles. The Morgan fingerprint density at radius 2 is 1.69 bits per heavy atom. The minimum Gasteiger partial charge on any atom is -0.391 e. The smallest absolute Gasteiger partial charge is 0.243 e. The summed E-state index contributed by atoms with van der Waals surface area (Å²) in [6.07, 6.45) is 0.251. The van der Waals surface area contributed by atoms with Crippen LogP contribution in [0.5, 0.6) is 0 Å². The van der Waals surface area contributed by atoms with Crippen molar-refractivity contribution in [2.75, 3.05) is 26.2 Å². The number of hydrogen-bond acceptors (Lipinski definition) is 5. The molecule has 0 spiro atoms. The van der Waals surface area contributed by atoms with E-state index in [2.05, 4.69) is 0 Å². The fourth-order valence-electron chi connectivity index (χ4n) is 3.52. The largest absolute Gasteiger partial charge is 0.391 e. The van der Waals surface area contributed by atoms with E-state index in [1.54, 1.807) is 29.2 Å². The van der Waals surface area contributed by atoms with Crippen molar-refractivity contribution in [3.63, 3.8) is 0 Å². The second kappa shape index (κ2) is 8.22. The lowest BCUT2D eigenvalue weighted by Crippen LogP contribution is -2.51. The van der Waals surface area contributed by atoms with E-state index < -0.39 is 16.1 Å². The number of nitrogens with zero attached hydrogens (tertiary/aromatic N) is 2. The lowest BCUT2D eigenvalue weighted by atomic mass is 10.1. The van der Waals surface area contributed by atoms with Crippen LogP contribution in [0.25, 0.3) is 0 Å². The molecule has 26 heavy (non-hydrogen) atoms. The predicted octanol–water partition coefficient (Wildman–Crippen LogP) is 0.348. The van der Waals surface area contributed by atoms with Crippen LogP contribution in [0.3, 0.4) is 0 Å². The number of piperazine rings is 1. The Labute approximate surface area is 160 Å². The maximum Gasteiger partial charge on any atom is 0.243 e. The molecule has 3 atom stereocenters. The van der Waals surface area contributed by atoms with Crippen molar-refractivity contribution in [3.8, 4) is 0 Å². The van der Waals surface area contributed by atoms with Crippen molar-refractivity contribution in [1.29, 1.82) is 0 Å². The van der Waals surface area contributed by atoms with Gasteiger partial charge in [0, 0.05) is 38.1 Å². The van der Waals surface area contributed by atoms with Crippen LogP contribution in [0.15, 0.2) is 29.2 Å². The van der Waals surface area contributed by atoms with Gasteiger partial charge in [0.05, 0.1) is 11.0 Å². The SMILES string of the molecule is Cc1ccc(S(=O)(=O)N2CCN(C(=O)[C@H]3C[C@@H](N)[C@H](O)C3)CC2)cc1.Cl. The molecule has 0 radical (unpaired) electrons. The zero-order valence-corrected chi connectivity index (χ0v) is 16.4. The molecule has 1 heterocycles. The Hall–Kier alpha value is -1.19. The van der Waals surface area contributed by atoms with Gasteiger partial charge in [-0.1, -0.05) is 17.7 Å². The zero-order valence-electron chi connectivity index (χ0n) is 14.7. The number of benzene rings is 1. The fraction of sp³-hybridized carbons (Fsp3) is 0.588. The van der Waals surface area contributed by atoms with Crippen molar-refractivity contribution >= 4 is 28.3 Å². The van der Waals surface area contributed by atoms with Crippen LogP contribution >= 0.6 is 12.4 Å². The van der Waals surface area contributed by atoms with Gasteiger partial charge in [0.15, 0.2) is 0 Å². The summed E-state index contributed by atoms with van der Waals surface area (Å²) >= 11 is 0. The topological polar surface area (TPSA) is 104 Å². The molecule has 146 valence electrons. The standard InChI is InChI=1S/C17H25N3O4S.ClH/c1-12-2-4-14(5-3-12)25(23,24)20-8-6-19(7-9-20)17(22)13-10-15(18)16(21)11-13;/h2-5,13,15-16,21H,6-11,18H2,1H3;1H/t13-,15+,16+;/m0./s1. The number of halogens is 1. The van der Waals surface area contributed by atoms with Gasteiger partial charge in [0.2, 0.25) is 15.9 Å². The summed E-state index contributed by atoms with van der Waals surface area (Å²) < 4.78 is 26.8. The van der Waals surface area contributed by atoms with Gasteiger partial charge in [-0.05, 0) is 31.9 Å². The molecule has 1 aromatic carbocycles. The predicted molar refractivity (Wildman–Crippen MR) is 100 cm³/mol. The Balaban J connectivity index is 0.00000243. The van der Waals surface area contributed by atoms with Crippen LogP contribution < -0.4 is 5.73 Å². The Morgan fingerprint density at radius 1 is 1.12 bits per heavy atom. The van der Waals surface area contributed by atoms with Crippen molar-refractivity contribution < 1.29 is 18.3 Å². The molecule has 1 aromatic rings. The molecule has 3 N–H and O–H groups in total. The van der Waals surface area contributed by atoms with E-state index in [0.29, 0.717) is 25.9 Å². The van der Waals surface area contributed by atoms with E-state index in [1.807, 2.05) is 6.92 Å². The van der Waals surface area contributed by atoms with Gasteiger partial charge < -0.3 is 15.7 Å². The van der Waals surface area contributed by atoms with Crippen molar-refractivity contribution in [1.82, 2.24) is 9.21 Å². The summed E-state index contributed by atoms with van der Waals surface area (Å²) in [6.45, 7) is 3.21. The monoisotopic (exact) mass is 403 g/mol. The summed E-state index contributed by atoms with van der Waals surface area (Å²) in [4.78, 5) is 14.5. The molecule has 7 nitrogen and oxygen atoms in total. The quantitative estimate of drug-likeness (QED) is 0.757. The number of aliphatic hydroxyl groups excluding tert-OH is 1. The molecule has 9 heteroatoms.